The van der Waals surface area contributed by atoms with Crippen molar-refractivity contribution in [1.29, 1.82) is 0 Å². The fraction of sp³-hybridized carbons (Fsp3) is 0. The van der Waals surface area contributed by atoms with E-state index in [0.717, 1.165) is 12.1 Å². The number of fused-ring (bicyclic) bond motifs is 2. The van der Waals surface area contributed by atoms with E-state index in [1.54, 1.807) is 0 Å². The van der Waals surface area contributed by atoms with Gasteiger partial charge in [0.05, 0.1) is 10.8 Å². The number of hydrogen-bond acceptors (Lipinski definition) is 0. The molecule has 0 aliphatic carbocycles. The lowest BCUT2D eigenvalue weighted by Crippen LogP contribution is -1.97. The van der Waals surface area contributed by atoms with E-state index in [0.29, 0.717) is 0 Å². The SMILES string of the molecule is Fc1[c]c2cc3cccc(F)c3c(F)c2c(F)c1F. The summed E-state index contributed by atoms with van der Waals surface area (Å²) >= 11 is 0. The van der Waals surface area contributed by atoms with Gasteiger partial charge in [0.25, 0.3) is 0 Å². The van der Waals surface area contributed by atoms with Gasteiger partial charge in [-0.2, -0.15) is 0 Å². The molecule has 0 amide bonds. The van der Waals surface area contributed by atoms with Gasteiger partial charge in [-0.1, -0.05) is 12.1 Å². The Kier molecular flexibility index (Phi) is 2.45. The second kappa shape index (κ2) is 3.91. The van der Waals surface area contributed by atoms with E-state index in [1.807, 2.05) is 6.07 Å². The lowest BCUT2D eigenvalue weighted by molar-refractivity contribution is 0.450. The topological polar surface area (TPSA) is 0 Å². The van der Waals surface area contributed by atoms with Crippen molar-refractivity contribution in [2.24, 2.45) is 0 Å². The quantitative estimate of drug-likeness (QED) is 0.320. The molecule has 0 saturated heterocycles. The van der Waals surface area contributed by atoms with Crippen LogP contribution in [0, 0.1) is 35.2 Å². The molecule has 0 aromatic heterocycles. The lowest BCUT2D eigenvalue weighted by atomic mass is 10.0. The van der Waals surface area contributed by atoms with Gasteiger partial charge >= 0.3 is 0 Å². The first-order valence-electron chi connectivity index (χ1n) is 5.27. The molecule has 3 aromatic rings. The van der Waals surface area contributed by atoms with Gasteiger partial charge in [-0.25, -0.2) is 22.0 Å². The molecule has 0 atom stereocenters. The third-order valence-corrected chi connectivity index (χ3v) is 2.90. The molecule has 0 unspecified atom stereocenters. The Morgan fingerprint density at radius 1 is 0.789 bits per heavy atom. The molecule has 0 heterocycles. The minimum atomic E-state index is -1.83. The highest BCUT2D eigenvalue weighted by molar-refractivity contribution is 5.99. The van der Waals surface area contributed by atoms with Gasteiger partial charge in [-0.3, -0.25) is 0 Å². The maximum absolute atomic E-state index is 14.1. The summed E-state index contributed by atoms with van der Waals surface area (Å²) in [6, 6.07) is 6.78. The molecule has 0 fully saturated rings. The summed E-state index contributed by atoms with van der Waals surface area (Å²) in [5.74, 6) is -7.23. The predicted molar refractivity (Wildman–Crippen MR) is 60.1 cm³/mol. The Bertz CT molecular complexity index is 823. The summed E-state index contributed by atoms with van der Waals surface area (Å²) in [5.41, 5.74) is 0. The van der Waals surface area contributed by atoms with Crippen LogP contribution in [0.5, 0.6) is 0 Å². The fourth-order valence-electron chi connectivity index (χ4n) is 2.06. The molecule has 0 aliphatic rings. The number of benzene rings is 3. The van der Waals surface area contributed by atoms with Gasteiger partial charge < -0.3 is 0 Å². The predicted octanol–water partition coefficient (Wildman–Crippen LogP) is 4.49. The third kappa shape index (κ3) is 1.58. The van der Waals surface area contributed by atoms with Gasteiger partial charge in [-0.15, -0.1) is 0 Å². The Hall–Kier alpha value is -2.17. The summed E-state index contributed by atoms with van der Waals surface area (Å²) in [7, 11) is 0. The van der Waals surface area contributed by atoms with E-state index in [-0.39, 0.29) is 10.8 Å². The van der Waals surface area contributed by atoms with Gasteiger partial charge in [-0.05, 0) is 22.9 Å². The van der Waals surface area contributed by atoms with Crippen molar-refractivity contribution in [2.45, 2.75) is 0 Å². The number of hydrogen-bond donors (Lipinski definition) is 0. The van der Waals surface area contributed by atoms with Crippen molar-refractivity contribution in [1.82, 2.24) is 0 Å². The van der Waals surface area contributed by atoms with Gasteiger partial charge in [0.15, 0.2) is 17.5 Å². The average molecular weight is 267 g/mol. The highest BCUT2D eigenvalue weighted by atomic mass is 19.2. The molecule has 0 spiro atoms. The van der Waals surface area contributed by atoms with Crippen LogP contribution in [0.4, 0.5) is 22.0 Å². The zero-order valence-corrected chi connectivity index (χ0v) is 9.20. The molecule has 0 aliphatic heterocycles. The monoisotopic (exact) mass is 267 g/mol. The number of rotatable bonds is 0. The van der Waals surface area contributed by atoms with Crippen LogP contribution in [0.2, 0.25) is 0 Å². The zero-order chi connectivity index (χ0) is 13.7. The van der Waals surface area contributed by atoms with Gasteiger partial charge in [0.1, 0.15) is 11.6 Å². The van der Waals surface area contributed by atoms with Crippen LogP contribution in [-0.2, 0) is 0 Å². The second-order valence-electron chi connectivity index (χ2n) is 4.02. The second-order valence-corrected chi connectivity index (χ2v) is 4.02. The Labute approximate surface area is 104 Å². The summed E-state index contributed by atoms with van der Waals surface area (Å²) in [6.45, 7) is 0. The molecule has 3 aromatic carbocycles. The van der Waals surface area contributed by atoms with Crippen LogP contribution in [0.15, 0.2) is 24.3 Å². The Morgan fingerprint density at radius 2 is 1.53 bits per heavy atom. The molecule has 0 bridgehead atoms. The maximum Gasteiger partial charge on any atom is 0.195 e. The Balaban J connectivity index is 2.63. The molecule has 0 saturated carbocycles. The molecular formula is C14H4F5. The third-order valence-electron chi connectivity index (χ3n) is 2.90. The molecule has 95 valence electrons. The fourth-order valence-corrected chi connectivity index (χ4v) is 2.06. The highest BCUT2D eigenvalue weighted by Crippen LogP contribution is 2.32. The lowest BCUT2D eigenvalue weighted by Gasteiger charge is -2.07. The van der Waals surface area contributed by atoms with E-state index < -0.39 is 39.9 Å². The van der Waals surface area contributed by atoms with E-state index in [4.69, 9.17) is 0 Å². The van der Waals surface area contributed by atoms with Crippen molar-refractivity contribution < 1.29 is 22.0 Å². The van der Waals surface area contributed by atoms with Crippen molar-refractivity contribution in [3.63, 3.8) is 0 Å². The largest absolute Gasteiger partial charge is 0.206 e. The minimum Gasteiger partial charge on any atom is -0.206 e. The molecular weight excluding hydrogens is 263 g/mol. The van der Waals surface area contributed by atoms with Crippen molar-refractivity contribution >= 4 is 21.5 Å². The van der Waals surface area contributed by atoms with E-state index in [1.165, 1.54) is 12.1 Å². The van der Waals surface area contributed by atoms with E-state index >= 15 is 0 Å². The minimum absolute atomic E-state index is 0.117. The molecule has 19 heavy (non-hydrogen) atoms. The van der Waals surface area contributed by atoms with Crippen LogP contribution in [-0.4, -0.2) is 0 Å². The Morgan fingerprint density at radius 3 is 2.26 bits per heavy atom. The standard InChI is InChI=1S/C14H4F5/c15-8-3-1-2-6-4-7-5-9(16)12(17)14(19)11(7)13(18)10(6)8/h1-4H. The van der Waals surface area contributed by atoms with Crippen LogP contribution in [0.3, 0.4) is 0 Å². The highest BCUT2D eigenvalue weighted by Gasteiger charge is 2.20. The summed E-state index contributed by atoms with van der Waals surface area (Å²) in [6.07, 6.45) is 0. The molecule has 0 nitrogen and oxygen atoms in total. The first-order valence-corrected chi connectivity index (χ1v) is 5.27. The van der Waals surface area contributed by atoms with E-state index in [2.05, 4.69) is 0 Å². The first kappa shape index (κ1) is 11.9. The summed E-state index contributed by atoms with van der Waals surface area (Å²) in [5, 5.41) is -1.44. The molecule has 5 heteroatoms. The van der Waals surface area contributed by atoms with E-state index in [9.17, 15) is 22.0 Å². The summed E-state index contributed by atoms with van der Waals surface area (Å²) < 4.78 is 67.4. The molecule has 3 rings (SSSR count). The average Bonchev–Trinajstić information content (AvgIpc) is 2.35. The molecule has 1 radical (unpaired) electrons. The normalized spacial score (nSPS) is 11.4. The van der Waals surface area contributed by atoms with Crippen LogP contribution < -0.4 is 0 Å². The van der Waals surface area contributed by atoms with Crippen LogP contribution >= 0.6 is 0 Å². The number of halogens is 5. The zero-order valence-electron chi connectivity index (χ0n) is 9.20. The summed E-state index contributed by atoms with van der Waals surface area (Å²) in [4.78, 5) is 0. The maximum atomic E-state index is 14.1. The van der Waals surface area contributed by atoms with Gasteiger partial charge in [0, 0.05) is 6.07 Å². The van der Waals surface area contributed by atoms with Crippen LogP contribution in [0.1, 0.15) is 0 Å². The van der Waals surface area contributed by atoms with Crippen LogP contribution in [0.25, 0.3) is 21.5 Å². The van der Waals surface area contributed by atoms with Crippen molar-refractivity contribution in [3.8, 4) is 0 Å². The van der Waals surface area contributed by atoms with Crippen molar-refractivity contribution in [2.75, 3.05) is 0 Å². The molecule has 0 N–H and O–H groups in total. The first-order chi connectivity index (χ1) is 9.00. The van der Waals surface area contributed by atoms with Gasteiger partial charge in [0.2, 0.25) is 0 Å². The smallest absolute Gasteiger partial charge is 0.195 e. The van der Waals surface area contributed by atoms with Crippen molar-refractivity contribution in [3.05, 3.63) is 59.4 Å².